The molecule has 9 nitrogen and oxygen atoms in total. The lowest BCUT2D eigenvalue weighted by Gasteiger charge is -2.24. The minimum atomic E-state index is -0.573. The normalized spacial score (nSPS) is 20.6. The molecule has 1 saturated carbocycles. The number of nitrogens with one attached hydrogen (secondary N) is 3. The number of aliphatic hydroxyl groups excluding tert-OH is 1. The molecule has 0 bridgehead atoms. The number of carbonyl (C=O) groups excluding carboxylic acids is 1. The quantitative estimate of drug-likeness (QED) is 0.284. The molecule has 1 amide bonds. The molecule has 1 aliphatic carbocycles. The van der Waals surface area contributed by atoms with Crippen molar-refractivity contribution in [2.75, 3.05) is 23.8 Å². The van der Waals surface area contributed by atoms with E-state index in [4.69, 9.17) is 10.5 Å². The van der Waals surface area contributed by atoms with Crippen LogP contribution in [0.1, 0.15) is 39.0 Å². The highest BCUT2D eigenvalue weighted by atomic mass is 16.5. The molecule has 1 heterocycles. The Balaban J connectivity index is 1.81. The summed E-state index contributed by atoms with van der Waals surface area (Å²) in [6, 6.07) is 5.71. The number of amides is 1. The number of aliphatic imine (C=N–C) groups is 2. The van der Waals surface area contributed by atoms with Gasteiger partial charge in [0.2, 0.25) is 11.9 Å². The minimum Gasteiger partial charge on any atom is -0.489 e. The van der Waals surface area contributed by atoms with Crippen molar-refractivity contribution in [3.8, 4) is 5.75 Å². The molecule has 0 radical (unpaired) electrons. The Morgan fingerprint density at radius 3 is 2.80 bits per heavy atom. The molecule has 6 N–H and O–H groups in total. The number of carbonyl (C=O) groups is 1. The number of benzene rings is 1. The average molecular weight is 415 g/mol. The van der Waals surface area contributed by atoms with E-state index < -0.39 is 12.0 Å². The van der Waals surface area contributed by atoms with Gasteiger partial charge in [0.05, 0.1) is 11.3 Å². The maximum atomic E-state index is 11.8. The number of aliphatic hydroxyl groups is 1. The van der Waals surface area contributed by atoms with Crippen LogP contribution in [0, 0.1) is 0 Å². The molecule has 1 atom stereocenters. The fourth-order valence-corrected chi connectivity index (χ4v) is 3.46. The first-order valence-corrected chi connectivity index (χ1v) is 10.2. The lowest BCUT2D eigenvalue weighted by molar-refractivity contribution is -0.114. The van der Waals surface area contributed by atoms with Gasteiger partial charge >= 0.3 is 0 Å². The summed E-state index contributed by atoms with van der Waals surface area (Å²) < 4.78 is 5.58. The van der Waals surface area contributed by atoms with Crippen molar-refractivity contribution in [1.29, 1.82) is 0 Å². The van der Waals surface area contributed by atoms with Gasteiger partial charge < -0.3 is 31.5 Å². The average Bonchev–Trinajstić information content (AvgIpc) is 2.94. The summed E-state index contributed by atoms with van der Waals surface area (Å²) in [5, 5.41) is 19.4. The summed E-state index contributed by atoms with van der Waals surface area (Å²) in [4.78, 5) is 20.2. The molecule has 1 aromatic rings. The minimum absolute atomic E-state index is 0.237. The molecule has 0 aromatic heterocycles. The van der Waals surface area contributed by atoms with E-state index in [9.17, 15) is 9.90 Å². The molecular weight excluding hydrogens is 384 g/mol. The van der Waals surface area contributed by atoms with Crippen molar-refractivity contribution in [2.45, 2.75) is 51.2 Å². The number of β-amino-alcohol motifs (C(OH)–C–C–N with tert-alkyl or cyclic N) is 1. The van der Waals surface area contributed by atoms with Crippen LogP contribution in [0.2, 0.25) is 0 Å². The lowest BCUT2D eigenvalue weighted by Crippen LogP contribution is -2.32. The van der Waals surface area contributed by atoms with Crippen LogP contribution in [0.3, 0.4) is 0 Å². The first-order valence-electron chi connectivity index (χ1n) is 10.2. The molecular formula is C21H30N6O3. The van der Waals surface area contributed by atoms with Crippen molar-refractivity contribution >= 4 is 30.0 Å². The Morgan fingerprint density at radius 2 is 2.10 bits per heavy atom. The third kappa shape index (κ3) is 5.73. The standard InChI is InChI=1S/C21H30N6O3/c1-13(19(22)29)20(25-14-6-4-3-5-7-14)27-21(23-2)26-15-8-9-18-17(10-15)24-11-16(28)12-30-18/h8-10,14,16,24-25,28H,2-7,11-12H2,1H3,(H2,22,29)(H,26,27)/b20-13+/t16-/m1/s1. The predicted octanol–water partition coefficient (Wildman–Crippen LogP) is 1.96. The number of nitrogens with two attached hydrogens (primary N) is 1. The summed E-state index contributed by atoms with van der Waals surface area (Å²) in [5.41, 5.74) is 7.30. The van der Waals surface area contributed by atoms with Gasteiger partial charge in [-0.15, -0.1) is 0 Å². The van der Waals surface area contributed by atoms with E-state index in [2.05, 4.69) is 32.7 Å². The number of ether oxygens (including phenoxy) is 1. The number of anilines is 2. The highest BCUT2D eigenvalue weighted by Gasteiger charge is 2.18. The van der Waals surface area contributed by atoms with Gasteiger partial charge in [0.15, 0.2) is 0 Å². The van der Waals surface area contributed by atoms with Crippen LogP contribution in [0.25, 0.3) is 0 Å². The van der Waals surface area contributed by atoms with Crippen LogP contribution in [0.15, 0.2) is 39.6 Å². The molecule has 1 fully saturated rings. The number of guanidine groups is 1. The number of hydrogen-bond donors (Lipinski definition) is 5. The van der Waals surface area contributed by atoms with Crippen LogP contribution in [0.4, 0.5) is 11.4 Å². The fourth-order valence-electron chi connectivity index (χ4n) is 3.46. The lowest BCUT2D eigenvalue weighted by atomic mass is 9.95. The maximum Gasteiger partial charge on any atom is 0.248 e. The molecule has 0 unspecified atom stereocenters. The van der Waals surface area contributed by atoms with Crippen molar-refractivity contribution < 1.29 is 14.6 Å². The van der Waals surface area contributed by atoms with Gasteiger partial charge in [-0.3, -0.25) is 4.79 Å². The van der Waals surface area contributed by atoms with Gasteiger partial charge in [0.25, 0.3) is 0 Å². The molecule has 0 saturated heterocycles. The van der Waals surface area contributed by atoms with E-state index in [1.165, 1.54) is 6.42 Å². The molecule has 0 spiro atoms. The number of hydrogen-bond acceptors (Lipinski definition) is 6. The number of nitrogens with zero attached hydrogens (tertiary/aromatic N) is 2. The molecule has 2 aliphatic rings. The Morgan fingerprint density at radius 1 is 1.33 bits per heavy atom. The largest absolute Gasteiger partial charge is 0.489 e. The van der Waals surface area contributed by atoms with Gasteiger partial charge in [-0.2, -0.15) is 4.99 Å². The number of fused-ring (bicyclic) bond motifs is 1. The highest BCUT2D eigenvalue weighted by Crippen LogP contribution is 2.30. The summed E-state index contributed by atoms with van der Waals surface area (Å²) in [6.45, 7) is 5.87. The van der Waals surface area contributed by atoms with E-state index in [-0.39, 0.29) is 18.6 Å². The highest BCUT2D eigenvalue weighted by molar-refractivity contribution is 5.98. The smallest absolute Gasteiger partial charge is 0.248 e. The van der Waals surface area contributed by atoms with Gasteiger partial charge in [0, 0.05) is 18.3 Å². The second-order valence-electron chi connectivity index (χ2n) is 7.59. The molecule has 162 valence electrons. The molecule has 1 aliphatic heterocycles. The zero-order chi connectivity index (χ0) is 21.5. The summed E-state index contributed by atoms with van der Waals surface area (Å²) in [7, 11) is 0. The van der Waals surface area contributed by atoms with Crippen LogP contribution in [-0.4, -0.2) is 49.0 Å². The van der Waals surface area contributed by atoms with E-state index >= 15 is 0 Å². The topological polar surface area (TPSA) is 133 Å². The molecule has 30 heavy (non-hydrogen) atoms. The van der Waals surface area contributed by atoms with Crippen molar-refractivity contribution in [1.82, 2.24) is 5.32 Å². The van der Waals surface area contributed by atoms with Crippen molar-refractivity contribution in [3.05, 3.63) is 29.6 Å². The van der Waals surface area contributed by atoms with Gasteiger partial charge in [-0.25, -0.2) is 4.99 Å². The monoisotopic (exact) mass is 414 g/mol. The van der Waals surface area contributed by atoms with Crippen molar-refractivity contribution in [3.63, 3.8) is 0 Å². The van der Waals surface area contributed by atoms with E-state index in [0.29, 0.717) is 29.4 Å². The van der Waals surface area contributed by atoms with E-state index in [1.807, 2.05) is 12.1 Å². The Kier molecular flexibility index (Phi) is 7.29. The number of rotatable bonds is 5. The zero-order valence-electron chi connectivity index (χ0n) is 17.3. The second-order valence-corrected chi connectivity index (χ2v) is 7.59. The van der Waals surface area contributed by atoms with Crippen LogP contribution >= 0.6 is 0 Å². The van der Waals surface area contributed by atoms with Gasteiger partial charge in [-0.1, -0.05) is 19.3 Å². The third-order valence-electron chi connectivity index (χ3n) is 5.23. The predicted molar refractivity (Wildman–Crippen MR) is 119 cm³/mol. The zero-order valence-corrected chi connectivity index (χ0v) is 17.3. The third-order valence-corrected chi connectivity index (χ3v) is 5.23. The fraction of sp³-hybridized carbons (Fsp3) is 0.476. The molecule has 1 aromatic carbocycles. The van der Waals surface area contributed by atoms with E-state index in [0.717, 1.165) is 31.4 Å². The maximum absolute atomic E-state index is 11.8. The Bertz CT molecular complexity index is 845. The van der Waals surface area contributed by atoms with Gasteiger partial charge in [0.1, 0.15) is 24.3 Å². The number of primary amides is 1. The Labute approximate surface area is 176 Å². The summed E-state index contributed by atoms with van der Waals surface area (Å²) in [5.74, 6) is 0.767. The summed E-state index contributed by atoms with van der Waals surface area (Å²) in [6.07, 6.45) is 5.00. The molecule has 9 heteroatoms. The van der Waals surface area contributed by atoms with E-state index in [1.54, 1.807) is 13.0 Å². The van der Waals surface area contributed by atoms with Crippen LogP contribution in [0.5, 0.6) is 5.75 Å². The van der Waals surface area contributed by atoms with Crippen LogP contribution < -0.4 is 26.4 Å². The second kappa shape index (κ2) is 10.1. The van der Waals surface area contributed by atoms with Crippen LogP contribution in [-0.2, 0) is 4.79 Å². The van der Waals surface area contributed by atoms with Crippen molar-refractivity contribution in [2.24, 2.45) is 15.7 Å². The SMILES string of the molecule is C=N/C(=N\C(NC1CCCCC1)=C(/C)C(N)=O)Nc1ccc2c(c1)NC[C@@H](O)CO2. The first-order chi connectivity index (χ1) is 14.5. The molecule has 3 rings (SSSR count). The first kappa shape index (κ1) is 21.6. The Hall–Kier alpha value is -3.07. The van der Waals surface area contributed by atoms with Gasteiger partial charge in [-0.05, 0) is 44.7 Å². The summed E-state index contributed by atoms with van der Waals surface area (Å²) >= 11 is 0.